The summed E-state index contributed by atoms with van der Waals surface area (Å²) in [6, 6.07) is 19.4. The van der Waals surface area contributed by atoms with Crippen molar-refractivity contribution in [3.63, 3.8) is 0 Å². The molecule has 0 aliphatic carbocycles. The molecule has 0 bridgehead atoms. The van der Waals surface area contributed by atoms with Crippen LogP contribution < -0.4 is 5.32 Å². The first kappa shape index (κ1) is 19.8. The highest BCUT2D eigenvalue weighted by Crippen LogP contribution is 2.31. The maximum Gasteiger partial charge on any atom is 0.217 e. The van der Waals surface area contributed by atoms with E-state index in [0.717, 1.165) is 37.5 Å². The van der Waals surface area contributed by atoms with Gasteiger partial charge in [0.15, 0.2) is 0 Å². The lowest BCUT2D eigenvalue weighted by Gasteiger charge is -2.36. The van der Waals surface area contributed by atoms with Gasteiger partial charge in [0, 0.05) is 31.6 Å². The number of rotatable bonds is 6. The van der Waals surface area contributed by atoms with Gasteiger partial charge in [-0.25, -0.2) is 4.98 Å². The molecule has 4 rings (SSSR count). The minimum absolute atomic E-state index is 0.00996. The predicted molar refractivity (Wildman–Crippen MR) is 119 cm³/mol. The number of nitrogens with zero attached hydrogens (tertiary/aromatic N) is 2. The minimum atomic E-state index is 0.00996. The fraction of sp³-hybridized carbons (Fsp3) is 0.333. The van der Waals surface area contributed by atoms with E-state index in [2.05, 4.69) is 63.7 Å². The van der Waals surface area contributed by atoms with Gasteiger partial charge in [0.2, 0.25) is 5.91 Å². The molecule has 1 saturated heterocycles. The Hall–Kier alpha value is -2.50. The highest BCUT2D eigenvalue weighted by molar-refractivity contribution is 7.09. The summed E-state index contributed by atoms with van der Waals surface area (Å²) in [6.45, 7) is 4.61. The molecule has 0 radical (unpaired) electrons. The van der Waals surface area contributed by atoms with E-state index in [0.29, 0.717) is 5.92 Å². The third-order valence-corrected chi connectivity index (χ3v) is 6.42. The fourth-order valence-electron chi connectivity index (χ4n) is 4.19. The van der Waals surface area contributed by atoms with E-state index in [1.54, 1.807) is 18.3 Å². The van der Waals surface area contributed by atoms with Gasteiger partial charge in [-0.2, -0.15) is 0 Å². The van der Waals surface area contributed by atoms with E-state index in [1.807, 2.05) is 17.6 Å². The SMILES string of the molecule is CC(=O)NC(c1nccs1)C1CCCN(Cc2ccc(-c3ccccc3)cc2)C1. The Morgan fingerprint density at radius 3 is 2.62 bits per heavy atom. The molecule has 1 amide bonds. The van der Waals surface area contributed by atoms with Crippen LogP contribution in [0.2, 0.25) is 0 Å². The van der Waals surface area contributed by atoms with E-state index in [9.17, 15) is 4.79 Å². The van der Waals surface area contributed by atoms with Crippen molar-refractivity contribution < 1.29 is 4.79 Å². The molecule has 3 aromatic rings. The summed E-state index contributed by atoms with van der Waals surface area (Å²) >= 11 is 1.63. The van der Waals surface area contributed by atoms with Crippen molar-refractivity contribution in [1.29, 1.82) is 0 Å². The van der Waals surface area contributed by atoms with E-state index < -0.39 is 0 Å². The molecule has 2 heterocycles. The average molecular weight is 406 g/mol. The largest absolute Gasteiger partial charge is 0.347 e. The number of piperidine rings is 1. The van der Waals surface area contributed by atoms with Crippen LogP contribution in [0.15, 0.2) is 66.2 Å². The second kappa shape index (κ2) is 9.33. The molecule has 2 aromatic carbocycles. The third-order valence-electron chi connectivity index (χ3n) is 5.56. The molecule has 2 atom stereocenters. The lowest BCUT2D eigenvalue weighted by Crippen LogP contribution is -2.42. The number of thiazole rings is 1. The quantitative estimate of drug-likeness (QED) is 0.634. The van der Waals surface area contributed by atoms with Gasteiger partial charge in [0.1, 0.15) is 5.01 Å². The highest BCUT2D eigenvalue weighted by atomic mass is 32.1. The molecular formula is C24H27N3OS. The van der Waals surface area contributed by atoms with Crippen molar-refractivity contribution in [1.82, 2.24) is 15.2 Å². The van der Waals surface area contributed by atoms with Gasteiger partial charge in [0.05, 0.1) is 6.04 Å². The number of amides is 1. The average Bonchev–Trinajstić information content (AvgIpc) is 3.28. The number of hydrogen-bond donors (Lipinski definition) is 1. The Kier molecular flexibility index (Phi) is 6.37. The summed E-state index contributed by atoms with van der Waals surface area (Å²) in [7, 11) is 0. The van der Waals surface area contributed by atoms with E-state index in [4.69, 9.17) is 0 Å². The summed E-state index contributed by atoms with van der Waals surface area (Å²) in [4.78, 5) is 18.8. The van der Waals surface area contributed by atoms with Crippen molar-refractivity contribution in [3.8, 4) is 11.1 Å². The molecule has 29 heavy (non-hydrogen) atoms. The van der Waals surface area contributed by atoms with E-state index in [-0.39, 0.29) is 11.9 Å². The smallest absolute Gasteiger partial charge is 0.217 e. The van der Waals surface area contributed by atoms with Crippen LogP contribution in [0.4, 0.5) is 0 Å². The standard InChI is InChI=1S/C24H27N3OS/c1-18(28)26-23(24-25-13-15-29-24)22-8-5-14-27(17-22)16-19-9-11-21(12-10-19)20-6-3-2-4-7-20/h2-4,6-7,9-13,15,22-23H,5,8,14,16-17H2,1H3,(H,26,28). The summed E-state index contributed by atoms with van der Waals surface area (Å²) < 4.78 is 0. The number of aromatic nitrogens is 1. The second-order valence-corrected chi connectivity index (χ2v) is 8.68. The third kappa shape index (κ3) is 5.11. The normalized spacial score (nSPS) is 18.3. The van der Waals surface area contributed by atoms with Crippen LogP contribution in [0.5, 0.6) is 0 Å². The van der Waals surface area contributed by atoms with Crippen LogP contribution in [0.1, 0.15) is 36.4 Å². The Morgan fingerprint density at radius 2 is 1.93 bits per heavy atom. The van der Waals surface area contributed by atoms with Crippen molar-refractivity contribution in [2.45, 2.75) is 32.4 Å². The zero-order valence-corrected chi connectivity index (χ0v) is 17.6. The fourth-order valence-corrected chi connectivity index (χ4v) is 4.97. The molecule has 1 fully saturated rings. The summed E-state index contributed by atoms with van der Waals surface area (Å²) in [5, 5.41) is 6.14. The topological polar surface area (TPSA) is 45.2 Å². The van der Waals surface area contributed by atoms with Gasteiger partial charge in [-0.3, -0.25) is 9.69 Å². The molecular weight excluding hydrogens is 378 g/mol. The Labute approximate surface area is 176 Å². The monoisotopic (exact) mass is 405 g/mol. The van der Waals surface area contributed by atoms with Crippen LogP contribution in [0.25, 0.3) is 11.1 Å². The molecule has 0 spiro atoms. The molecule has 1 aromatic heterocycles. The van der Waals surface area contributed by atoms with Gasteiger partial charge in [-0.1, -0.05) is 54.6 Å². The van der Waals surface area contributed by atoms with Crippen LogP contribution in [-0.2, 0) is 11.3 Å². The molecule has 2 unspecified atom stereocenters. The first-order valence-corrected chi connectivity index (χ1v) is 11.1. The van der Waals surface area contributed by atoms with Gasteiger partial charge in [-0.05, 0) is 42.0 Å². The lowest BCUT2D eigenvalue weighted by molar-refractivity contribution is -0.120. The van der Waals surface area contributed by atoms with E-state index >= 15 is 0 Å². The molecule has 5 heteroatoms. The van der Waals surface area contributed by atoms with Gasteiger partial charge >= 0.3 is 0 Å². The van der Waals surface area contributed by atoms with Crippen molar-refractivity contribution in [3.05, 3.63) is 76.7 Å². The minimum Gasteiger partial charge on any atom is -0.347 e. The highest BCUT2D eigenvalue weighted by Gasteiger charge is 2.30. The summed E-state index contributed by atoms with van der Waals surface area (Å²) in [6.07, 6.45) is 4.09. The Balaban J connectivity index is 1.42. The van der Waals surface area contributed by atoms with Crippen LogP contribution in [0.3, 0.4) is 0 Å². The lowest BCUT2D eigenvalue weighted by atomic mass is 9.90. The van der Waals surface area contributed by atoms with Gasteiger partial charge in [-0.15, -0.1) is 11.3 Å². The van der Waals surface area contributed by atoms with Crippen LogP contribution >= 0.6 is 11.3 Å². The molecule has 1 aliphatic rings. The first-order valence-electron chi connectivity index (χ1n) is 10.2. The zero-order valence-electron chi connectivity index (χ0n) is 16.8. The number of benzene rings is 2. The van der Waals surface area contributed by atoms with Crippen LogP contribution in [-0.4, -0.2) is 28.9 Å². The number of nitrogens with one attached hydrogen (secondary N) is 1. The zero-order chi connectivity index (χ0) is 20.1. The number of hydrogen-bond acceptors (Lipinski definition) is 4. The molecule has 150 valence electrons. The van der Waals surface area contributed by atoms with E-state index in [1.165, 1.54) is 16.7 Å². The number of carbonyl (C=O) groups is 1. The summed E-state index contributed by atoms with van der Waals surface area (Å²) in [5.74, 6) is 0.404. The molecule has 1 N–H and O–H groups in total. The predicted octanol–water partition coefficient (Wildman–Crippen LogP) is 4.90. The van der Waals surface area contributed by atoms with Gasteiger partial charge < -0.3 is 5.32 Å². The molecule has 4 nitrogen and oxygen atoms in total. The number of carbonyl (C=O) groups excluding carboxylic acids is 1. The Bertz CT molecular complexity index is 909. The maximum absolute atomic E-state index is 11.8. The number of likely N-dealkylation sites (tertiary alicyclic amines) is 1. The second-order valence-electron chi connectivity index (χ2n) is 7.75. The van der Waals surface area contributed by atoms with Gasteiger partial charge in [0.25, 0.3) is 0 Å². The maximum atomic E-state index is 11.8. The Morgan fingerprint density at radius 1 is 1.17 bits per heavy atom. The van der Waals surface area contributed by atoms with Crippen molar-refractivity contribution in [2.24, 2.45) is 5.92 Å². The van der Waals surface area contributed by atoms with Crippen molar-refractivity contribution in [2.75, 3.05) is 13.1 Å². The molecule has 0 saturated carbocycles. The molecule has 1 aliphatic heterocycles. The summed E-state index contributed by atoms with van der Waals surface area (Å²) in [5.41, 5.74) is 3.83. The van der Waals surface area contributed by atoms with Crippen molar-refractivity contribution >= 4 is 17.2 Å². The first-order chi connectivity index (χ1) is 14.2. The van der Waals surface area contributed by atoms with Crippen LogP contribution in [0, 0.1) is 5.92 Å².